The molecule has 62 valence electrons. The van der Waals surface area contributed by atoms with Crippen molar-refractivity contribution in [2.75, 3.05) is 7.05 Å². The Morgan fingerprint density at radius 3 is 2.82 bits per heavy atom. The van der Waals surface area contributed by atoms with Crippen LogP contribution in [0.15, 0.2) is 12.3 Å². The summed E-state index contributed by atoms with van der Waals surface area (Å²) in [7, 11) is 2.10. The van der Waals surface area contributed by atoms with E-state index >= 15 is 0 Å². The first-order chi connectivity index (χ1) is 5.18. The van der Waals surface area contributed by atoms with Crippen molar-refractivity contribution in [3.8, 4) is 0 Å². The normalized spacial score (nSPS) is 35.4. The number of hydrogen-bond donors (Lipinski definition) is 0. The molecule has 0 aromatic rings. The van der Waals surface area contributed by atoms with E-state index in [1.54, 1.807) is 0 Å². The Morgan fingerprint density at radius 2 is 2.09 bits per heavy atom. The van der Waals surface area contributed by atoms with Gasteiger partial charge in [0.15, 0.2) is 6.20 Å². The largest absolute Gasteiger partial charge is 0.212 e. The number of allylic oxidation sites excluding steroid dienone is 1. The lowest BCUT2D eigenvalue weighted by Crippen LogP contribution is -2.09. The second-order valence-corrected chi connectivity index (χ2v) is 3.74. The van der Waals surface area contributed by atoms with Crippen LogP contribution in [-0.2, 0) is 0 Å². The second-order valence-electron chi connectivity index (χ2n) is 3.74. The van der Waals surface area contributed by atoms with Crippen LogP contribution in [0.1, 0.15) is 26.7 Å². The molecule has 0 saturated carbocycles. The lowest BCUT2D eigenvalue weighted by atomic mass is 9.94. The van der Waals surface area contributed by atoms with Gasteiger partial charge < -0.3 is 0 Å². The number of hydrogen-bond acceptors (Lipinski definition) is 0. The summed E-state index contributed by atoms with van der Waals surface area (Å²) in [5, 5.41) is 0. The van der Waals surface area contributed by atoms with Gasteiger partial charge in [-0.25, -0.2) is 4.58 Å². The highest BCUT2D eigenvalue weighted by atomic mass is 14.9. The molecule has 0 N–H and O–H groups in total. The molecular weight excluding hydrogens is 134 g/mol. The predicted molar refractivity (Wildman–Crippen MR) is 49.0 cm³/mol. The van der Waals surface area contributed by atoms with Crippen molar-refractivity contribution < 1.29 is 4.58 Å². The minimum absolute atomic E-state index is 0.737. The van der Waals surface area contributed by atoms with Crippen molar-refractivity contribution in [1.29, 1.82) is 0 Å². The smallest absolute Gasteiger partial charge is 0.164 e. The Labute approximate surface area is 69.4 Å². The van der Waals surface area contributed by atoms with Crippen LogP contribution in [0.2, 0.25) is 0 Å². The van der Waals surface area contributed by atoms with Crippen molar-refractivity contribution in [3.05, 3.63) is 12.3 Å². The molecule has 0 aromatic heterocycles. The zero-order chi connectivity index (χ0) is 8.27. The highest BCUT2D eigenvalue weighted by Gasteiger charge is 2.09. The van der Waals surface area contributed by atoms with Crippen LogP contribution in [0.5, 0.6) is 0 Å². The molecule has 0 aromatic carbocycles. The van der Waals surface area contributed by atoms with Crippen molar-refractivity contribution in [2.45, 2.75) is 26.7 Å². The third-order valence-corrected chi connectivity index (χ3v) is 2.22. The van der Waals surface area contributed by atoms with E-state index in [2.05, 4.69) is 44.0 Å². The third-order valence-electron chi connectivity index (χ3n) is 2.22. The predicted octanol–water partition coefficient (Wildman–Crippen LogP) is 2.28. The standard InChI is InChI=1S/C10H18N/c1-9-4-6-11(3)7-5-10(2)8-9/h4,6-7,9-10H,5,8H2,1-3H3/q+1/b6-4-,11-7?. The van der Waals surface area contributed by atoms with Gasteiger partial charge in [0.05, 0.1) is 0 Å². The van der Waals surface area contributed by atoms with Crippen molar-refractivity contribution in [2.24, 2.45) is 11.8 Å². The third kappa shape index (κ3) is 2.87. The molecule has 1 aliphatic rings. The van der Waals surface area contributed by atoms with Gasteiger partial charge in [0, 0.05) is 6.42 Å². The maximum Gasteiger partial charge on any atom is 0.164 e. The van der Waals surface area contributed by atoms with Crippen LogP contribution in [0.4, 0.5) is 0 Å². The Bertz CT molecular complexity index is 179. The molecule has 0 aliphatic carbocycles. The van der Waals surface area contributed by atoms with Gasteiger partial charge in [-0.15, -0.1) is 0 Å². The summed E-state index contributed by atoms with van der Waals surface area (Å²) < 4.78 is 2.16. The molecule has 2 atom stereocenters. The van der Waals surface area contributed by atoms with Crippen LogP contribution in [0.3, 0.4) is 0 Å². The van der Waals surface area contributed by atoms with E-state index in [9.17, 15) is 0 Å². The van der Waals surface area contributed by atoms with Gasteiger partial charge in [-0.2, -0.15) is 0 Å². The summed E-state index contributed by atoms with van der Waals surface area (Å²) in [4.78, 5) is 0. The van der Waals surface area contributed by atoms with Gasteiger partial charge in [0.1, 0.15) is 13.3 Å². The summed E-state index contributed by atoms with van der Waals surface area (Å²) >= 11 is 0. The molecule has 1 aliphatic heterocycles. The number of nitrogens with zero attached hydrogens (tertiary/aromatic N) is 1. The molecule has 1 heterocycles. The van der Waals surface area contributed by atoms with E-state index in [4.69, 9.17) is 0 Å². The monoisotopic (exact) mass is 152 g/mol. The van der Waals surface area contributed by atoms with Crippen LogP contribution >= 0.6 is 0 Å². The highest BCUT2D eigenvalue weighted by Crippen LogP contribution is 2.16. The highest BCUT2D eigenvalue weighted by molar-refractivity contribution is 5.51. The molecule has 1 rings (SSSR count). The fourth-order valence-corrected chi connectivity index (χ4v) is 1.50. The molecule has 1 nitrogen and oxygen atoms in total. The fraction of sp³-hybridized carbons (Fsp3) is 0.700. The average Bonchev–Trinajstić information content (AvgIpc) is 1.95. The molecule has 2 unspecified atom stereocenters. The number of rotatable bonds is 0. The van der Waals surface area contributed by atoms with Crippen LogP contribution < -0.4 is 0 Å². The van der Waals surface area contributed by atoms with Crippen molar-refractivity contribution >= 4 is 6.21 Å². The fourth-order valence-electron chi connectivity index (χ4n) is 1.50. The van der Waals surface area contributed by atoms with E-state index in [1.165, 1.54) is 12.8 Å². The maximum absolute atomic E-state index is 2.32. The zero-order valence-electron chi connectivity index (χ0n) is 7.75. The first kappa shape index (κ1) is 8.51. The van der Waals surface area contributed by atoms with Gasteiger partial charge >= 0.3 is 0 Å². The molecule has 0 amide bonds. The molecule has 0 saturated heterocycles. The Kier molecular flexibility index (Phi) is 2.86. The van der Waals surface area contributed by atoms with Crippen molar-refractivity contribution in [1.82, 2.24) is 0 Å². The van der Waals surface area contributed by atoms with Gasteiger partial charge in [0.25, 0.3) is 0 Å². The summed E-state index contributed by atoms with van der Waals surface area (Å²) in [6.07, 6.45) is 9.24. The SMILES string of the molecule is CC1/C=C\[N+](C)=CCC(C)C1. The topological polar surface area (TPSA) is 3.01 Å². The minimum Gasteiger partial charge on any atom is -0.212 e. The first-order valence-corrected chi connectivity index (χ1v) is 4.42. The lowest BCUT2D eigenvalue weighted by Gasteiger charge is -2.12. The quantitative estimate of drug-likeness (QED) is 0.468. The molecular formula is C10H18N+. The minimum atomic E-state index is 0.737. The van der Waals surface area contributed by atoms with E-state index in [-0.39, 0.29) is 0 Å². The summed E-state index contributed by atoms with van der Waals surface area (Å²) in [6, 6.07) is 0. The average molecular weight is 152 g/mol. The van der Waals surface area contributed by atoms with E-state index < -0.39 is 0 Å². The molecule has 0 fully saturated rings. The first-order valence-electron chi connectivity index (χ1n) is 4.42. The van der Waals surface area contributed by atoms with Crippen molar-refractivity contribution in [3.63, 3.8) is 0 Å². The summed E-state index contributed by atoms with van der Waals surface area (Å²) in [6.45, 7) is 4.60. The maximum atomic E-state index is 2.32. The van der Waals surface area contributed by atoms with Gasteiger partial charge in [0.2, 0.25) is 0 Å². The van der Waals surface area contributed by atoms with E-state index in [0.717, 1.165) is 11.8 Å². The van der Waals surface area contributed by atoms with E-state index in [1.807, 2.05) is 0 Å². The van der Waals surface area contributed by atoms with Crippen LogP contribution in [-0.4, -0.2) is 17.8 Å². The second kappa shape index (κ2) is 3.70. The molecule has 1 heteroatoms. The molecule has 11 heavy (non-hydrogen) atoms. The molecule has 0 bridgehead atoms. The Morgan fingerprint density at radius 1 is 1.36 bits per heavy atom. The zero-order valence-corrected chi connectivity index (χ0v) is 7.75. The Hall–Kier alpha value is -0.590. The molecule has 0 radical (unpaired) electrons. The van der Waals surface area contributed by atoms with E-state index in [0.29, 0.717) is 0 Å². The van der Waals surface area contributed by atoms with Gasteiger partial charge in [-0.1, -0.05) is 13.8 Å². The van der Waals surface area contributed by atoms with Crippen LogP contribution in [0, 0.1) is 11.8 Å². The van der Waals surface area contributed by atoms with Gasteiger partial charge in [-0.05, 0) is 24.3 Å². The Balaban J connectivity index is 2.64. The van der Waals surface area contributed by atoms with Crippen LogP contribution in [0.25, 0.3) is 0 Å². The summed E-state index contributed by atoms with van der Waals surface area (Å²) in [5.41, 5.74) is 0. The lowest BCUT2D eigenvalue weighted by molar-refractivity contribution is -0.419. The molecule has 0 spiro atoms. The van der Waals surface area contributed by atoms with Gasteiger partial charge in [-0.3, -0.25) is 0 Å². The summed E-state index contributed by atoms with van der Waals surface area (Å²) in [5.74, 6) is 1.57.